The smallest absolute Gasteiger partial charge is 0.317 e. The number of pyridine rings is 1. The maximum atomic E-state index is 13.0. The number of carbonyl (C=O) groups excluding carboxylic acids is 2. The Hall–Kier alpha value is -3.42. The number of carbonyl (C=O) groups is 2. The molecule has 3 aromatic rings. The first kappa shape index (κ1) is 17.4. The minimum absolute atomic E-state index is 0.285. The van der Waals surface area contributed by atoms with E-state index in [2.05, 4.69) is 10.3 Å². The third-order valence-corrected chi connectivity index (χ3v) is 3.57. The lowest BCUT2D eigenvalue weighted by molar-refractivity contribution is -0.137. The van der Waals surface area contributed by atoms with Gasteiger partial charge in [0.1, 0.15) is 0 Å². The topological polar surface area (TPSA) is 71.1 Å². The molecule has 5 nitrogen and oxygen atoms in total. The number of rotatable bonds is 2. The molecule has 2 amide bonds. The zero-order valence-electron chi connectivity index (χ0n) is 13.2. The molecule has 0 fully saturated rings. The summed E-state index contributed by atoms with van der Waals surface area (Å²) in [7, 11) is 0. The first-order chi connectivity index (χ1) is 12.4. The predicted octanol–water partition coefficient (Wildman–Crippen LogP) is 3.83. The van der Waals surface area contributed by atoms with Gasteiger partial charge in [-0.05, 0) is 24.3 Å². The Balaban J connectivity index is 1.80. The van der Waals surface area contributed by atoms with Crippen molar-refractivity contribution in [1.29, 1.82) is 0 Å². The Labute approximate surface area is 145 Å². The Morgan fingerprint density at radius 3 is 2.15 bits per heavy atom. The van der Waals surface area contributed by atoms with Gasteiger partial charge in [0.2, 0.25) is 0 Å². The Kier molecular flexibility index (Phi) is 4.57. The maximum Gasteiger partial charge on any atom is 0.418 e. The van der Waals surface area contributed by atoms with Crippen molar-refractivity contribution >= 4 is 34.1 Å². The van der Waals surface area contributed by atoms with Crippen LogP contribution in [0.5, 0.6) is 0 Å². The molecule has 2 aromatic carbocycles. The van der Waals surface area contributed by atoms with Crippen LogP contribution in [0, 0.1) is 0 Å². The predicted molar refractivity (Wildman–Crippen MR) is 90.4 cm³/mol. The van der Waals surface area contributed by atoms with Crippen LogP contribution in [0.15, 0.2) is 60.8 Å². The van der Waals surface area contributed by atoms with E-state index in [0.717, 1.165) is 17.5 Å². The lowest BCUT2D eigenvalue weighted by atomic mass is 10.1. The fourth-order valence-electron chi connectivity index (χ4n) is 2.40. The van der Waals surface area contributed by atoms with Crippen molar-refractivity contribution in [2.24, 2.45) is 0 Å². The van der Waals surface area contributed by atoms with E-state index in [1.165, 1.54) is 18.3 Å². The van der Waals surface area contributed by atoms with E-state index in [-0.39, 0.29) is 5.69 Å². The number of nitrogens with zero attached hydrogens (tertiary/aromatic N) is 1. The number of benzene rings is 2. The monoisotopic (exact) mass is 359 g/mol. The molecule has 0 aliphatic carbocycles. The quantitative estimate of drug-likeness (QED) is 0.683. The van der Waals surface area contributed by atoms with Crippen molar-refractivity contribution < 1.29 is 22.8 Å². The van der Waals surface area contributed by atoms with Gasteiger partial charge in [-0.25, -0.2) is 0 Å². The summed E-state index contributed by atoms with van der Waals surface area (Å²) >= 11 is 0. The summed E-state index contributed by atoms with van der Waals surface area (Å²) in [5, 5.41) is 5.11. The number of anilines is 2. The van der Waals surface area contributed by atoms with Crippen LogP contribution in [0.4, 0.5) is 24.5 Å². The van der Waals surface area contributed by atoms with Crippen molar-refractivity contribution in [3.05, 3.63) is 66.4 Å². The third kappa shape index (κ3) is 3.64. The molecule has 8 heteroatoms. The second-order valence-corrected chi connectivity index (χ2v) is 5.33. The minimum atomic E-state index is -4.65. The summed E-state index contributed by atoms with van der Waals surface area (Å²) in [6.07, 6.45) is -3.13. The van der Waals surface area contributed by atoms with Gasteiger partial charge in [0.15, 0.2) is 0 Å². The Morgan fingerprint density at radius 1 is 0.808 bits per heavy atom. The number of hydrogen-bond acceptors (Lipinski definition) is 3. The summed E-state index contributed by atoms with van der Waals surface area (Å²) < 4.78 is 38.9. The third-order valence-electron chi connectivity index (χ3n) is 3.57. The standard InChI is InChI=1S/C18H12F3N3O2/c19-18(20,21)12-7-1-2-8-13(12)23-16(25)17(26)24-14-9-3-5-11-6-4-10-22-15(11)14/h1-10H,(H,23,25)(H,24,26). The molecule has 1 aromatic heterocycles. The zero-order valence-corrected chi connectivity index (χ0v) is 13.2. The van der Waals surface area contributed by atoms with Gasteiger partial charge >= 0.3 is 18.0 Å². The van der Waals surface area contributed by atoms with Crippen LogP contribution in [0.2, 0.25) is 0 Å². The normalized spacial score (nSPS) is 11.2. The fourth-order valence-corrected chi connectivity index (χ4v) is 2.40. The first-order valence-electron chi connectivity index (χ1n) is 7.48. The number of amides is 2. The van der Waals surface area contributed by atoms with Crippen molar-refractivity contribution in [1.82, 2.24) is 4.98 Å². The van der Waals surface area contributed by atoms with Gasteiger partial charge in [-0.3, -0.25) is 14.6 Å². The van der Waals surface area contributed by atoms with Crippen LogP contribution in [0.25, 0.3) is 10.9 Å². The van der Waals surface area contributed by atoms with Gasteiger partial charge in [0.25, 0.3) is 0 Å². The van der Waals surface area contributed by atoms with Gasteiger partial charge in [-0.15, -0.1) is 0 Å². The fraction of sp³-hybridized carbons (Fsp3) is 0.0556. The molecule has 0 bridgehead atoms. The van der Waals surface area contributed by atoms with E-state index in [1.807, 2.05) is 5.32 Å². The highest BCUT2D eigenvalue weighted by Crippen LogP contribution is 2.34. The Morgan fingerprint density at radius 2 is 1.42 bits per heavy atom. The van der Waals surface area contributed by atoms with Gasteiger partial charge in [0, 0.05) is 11.6 Å². The molecule has 0 radical (unpaired) electrons. The second kappa shape index (κ2) is 6.83. The number of fused-ring (bicyclic) bond motifs is 1. The van der Waals surface area contributed by atoms with Crippen LogP contribution in [-0.2, 0) is 15.8 Å². The molecule has 2 N–H and O–H groups in total. The number of nitrogens with one attached hydrogen (secondary N) is 2. The van der Waals surface area contributed by atoms with Crippen molar-refractivity contribution in [3.63, 3.8) is 0 Å². The molecule has 0 saturated carbocycles. The molecule has 26 heavy (non-hydrogen) atoms. The van der Waals surface area contributed by atoms with Crippen molar-refractivity contribution in [3.8, 4) is 0 Å². The van der Waals surface area contributed by atoms with Gasteiger partial charge in [0.05, 0.1) is 22.5 Å². The molecular formula is C18H12F3N3O2. The molecular weight excluding hydrogens is 347 g/mol. The van der Waals surface area contributed by atoms with Crippen LogP contribution in [0.3, 0.4) is 0 Å². The molecule has 0 aliphatic heterocycles. The second-order valence-electron chi connectivity index (χ2n) is 5.33. The SMILES string of the molecule is O=C(Nc1ccccc1C(F)(F)F)C(=O)Nc1cccc2cccnc12. The van der Waals surface area contributed by atoms with Gasteiger partial charge in [-0.2, -0.15) is 13.2 Å². The first-order valence-corrected chi connectivity index (χ1v) is 7.48. The summed E-state index contributed by atoms with van der Waals surface area (Å²) in [6, 6.07) is 12.9. The highest BCUT2D eigenvalue weighted by atomic mass is 19.4. The minimum Gasteiger partial charge on any atom is -0.317 e. The maximum absolute atomic E-state index is 13.0. The molecule has 0 saturated heterocycles. The average molecular weight is 359 g/mol. The van der Waals surface area contributed by atoms with Crippen molar-refractivity contribution in [2.45, 2.75) is 6.18 Å². The van der Waals surface area contributed by atoms with E-state index in [0.29, 0.717) is 5.52 Å². The number of hydrogen-bond donors (Lipinski definition) is 2. The highest BCUT2D eigenvalue weighted by Gasteiger charge is 2.34. The lowest BCUT2D eigenvalue weighted by Gasteiger charge is -2.13. The van der Waals surface area contributed by atoms with Crippen molar-refractivity contribution in [2.75, 3.05) is 10.6 Å². The molecule has 0 spiro atoms. The zero-order chi connectivity index (χ0) is 18.7. The number of halogens is 3. The molecule has 1 heterocycles. The summed E-state index contributed by atoms with van der Waals surface area (Å²) in [5.41, 5.74) is -0.775. The van der Waals surface area contributed by atoms with Crippen LogP contribution in [-0.4, -0.2) is 16.8 Å². The molecule has 132 valence electrons. The largest absolute Gasteiger partial charge is 0.418 e. The number of para-hydroxylation sites is 2. The van der Waals surface area contributed by atoms with E-state index in [1.54, 1.807) is 30.3 Å². The van der Waals surface area contributed by atoms with E-state index >= 15 is 0 Å². The van der Waals surface area contributed by atoms with E-state index in [9.17, 15) is 22.8 Å². The summed E-state index contributed by atoms with van der Waals surface area (Å²) in [4.78, 5) is 28.2. The molecule has 0 atom stereocenters. The average Bonchev–Trinajstić information content (AvgIpc) is 2.61. The van der Waals surface area contributed by atoms with Crippen LogP contribution < -0.4 is 10.6 Å². The number of alkyl halides is 3. The summed E-state index contributed by atoms with van der Waals surface area (Å²) in [5.74, 6) is -2.31. The molecule has 0 aliphatic rings. The van der Waals surface area contributed by atoms with Gasteiger partial charge < -0.3 is 10.6 Å². The summed E-state index contributed by atoms with van der Waals surface area (Å²) in [6.45, 7) is 0. The van der Waals surface area contributed by atoms with E-state index in [4.69, 9.17) is 0 Å². The van der Waals surface area contributed by atoms with Crippen LogP contribution in [0.1, 0.15) is 5.56 Å². The molecule has 0 unspecified atom stereocenters. The van der Waals surface area contributed by atoms with Gasteiger partial charge in [-0.1, -0.05) is 30.3 Å². The Bertz CT molecular complexity index is 981. The van der Waals surface area contributed by atoms with E-state index < -0.39 is 29.2 Å². The lowest BCUT2D eigenvalue weighted by Crippen LogP contribution is -2.30. The highest BCUT2D eigenvalue weighted by molar-refractivity contribution is 6.44. The molecule has 3 rings (SSSR count). The van der Waals surface area contributed by atoms with Crippen LogP contribution >= 0.6 is 0 Å². The number of aromatic nitrogens is 1.